The molecule has 15 heavy (non-hydrogen) atoms. The van der Waals surface area contributed by atoms with Gasteiger partial charge in [-0.05, 0) is 12.0 Å². The minimum Gasteiger partial charge on any atom is -0.308 e. The van der Waals surface area contributed by atoms with Gasteiger partial charge in [0.1, 0.15) is 6.17 Å². The molecule has 0 spiro atoms. The molecular weight excluding hydrogens is 199 g/mol. The lowest BCUT2D eigenvalue weighted by Crippen LogP contribution is -2.55. The van der Waals surface area contributed by atoms with Gasteiger partial charge in [-0.1, -0.05) is 12.1 Å². The summed E-state index contributed by atoms with van der Waals surface area (Å²) in [4.78, 5) is 10.1. The van der Waals surface area contributed by atoms with Gasteiger partial charge in [0.2, 0.25) is 0 Å². The maximum atomic E-state index is 12.9. The Balaban J connectivity index is 2.08. The first-order chi connectivity index (χ1) is 7.16. The Labute approximate surface area is 86.3 Å². The van der Waals surface area contributed by atoms with Gasteiger partial charge in [0.05, 0.1) is 4.92 Å². The van der Waals surface area contributed by atoms with E-state index in [2.05, 4.69) is 5.32 Å². The van der Waals surface area contributed by atoms with Crippen LogP contribution in [0.2, 0.25) is 0 Å². The Morgan fingerprint density at radius 3 is 2.93 bits per heavy atom. The fourth-order valence-electron chi connectivity index (χ4n) is 1.62. The van der Waals surface area contributed by atoms with E-state index >= 15 is 0 Å². The van der Waals surface area contributed by atoms with Crippen LogP contribution in [0, 0.1) is 10.1 Å². The van der Waals surface area contributed by atoms with Crippen LogP contribution in [-0.2, 0) is 6.42 Å². The summed E-state index contributed by atoms with van der Waals surface area (Å²) in [5.74, 6) is 0. The van der Waals surface area contributed by atoms with Crippen LogP contribution in [0.5, 0.6) is 0 Å². The van der Waals surface area contributed by atoms with Gasteiger partial charge in [0.15, 0.2) is 0 Å². The number of hydrogen-bond donors (Lipinski definition) is 1. The zero-order valence-corrected chi connectivity index (χ0v) is 8.02. The number of alkyl halides is 1. The number of rotatable bonds is 3. The number of nitrogens with one attached hydrogen (secondary N) is 1. The second-order valence-corrected chi connectivity index (χ2v) is 3.66. The second-order valence-electron chi connectivity index (χ2n) is 3.66. The Morgan fingerprint density at radius 2 is 2.40 bits per heavy atom. The topological polar surface area (TPSA) is 55.2 Å². The van der Waals surface area contributed by atoms with Crippen molar-refractivity contribution in [2.75, 3.05) is 6.54 Å². The molecule has 5 heteroatoms. The second kappa shape index (κ2) is 3.94. The highest BCUT2D eigenvalue weighted by molar-refractivity contribution is 5.34. The van der Waals surface area contributed by atoms with Crippen LogP contribution in [0.1, 0.15) is 5.56 Å². The number of nitro groups is 1. The number of nitrogens with zero attached hydrogens (tertiary/aromatic N) is 1. The van der Waals surface area contributed by atoms with Crippen LogP contribution in [0.25, 0.3) is 0 Å². The van der Waals surface area contributed by atoms with Crippen LogP contribution in [0.4, 0.5) is 10.1 Å². The number of nitro benzene ring substituents is 1. The zero-order valence-electron chi connectivity index (χ0n) is 8.02. The molecule has 0 aromatic heterocycles. The lowest BCUT2D eigenvalue weighted by molar-refractivity contribution is -0.384. The molecule has 1 N–H and O–H groups in total. The van der Waals surface area contributed by atoms with Crippen molar-refractivity contribution in [1.82, 2.24) is 5.32 Å². The van der Waals surface area contributed by atoms with Gasteiger partial charge in [-0.3, -0.25) is 10.1 Å². The molecule has 1 fully saturated rings. The van der Waals surface area contributed by atoms with Crippen molar-refractivity contribution < 1.29 is 9.31 Å². The highest BCUT2D eigenvalue weighted by Crippen LogP contribution is 2.18. The SMILES string of the molecule is O=[N+]([O-])c1cccc(C[C@@H]2NC[C@@H]2F)c1. The van der Waals surface area contributed by atoms with Gasteiger partial charge in [0, 0.05) is 24.7 Å². The van der Waals surface area contributed by atoms with E-state index in [9.17, 15) is 14.5 Å². The molecule has 2 rings (SSSR count). The van der Waals surface area contributed by atoms with Crippen molar-refractivity contribution in [1.29, 1.82) is 0 Å². The van der Waals surface area contributed by atoms with Crippen LogP contribution in [-0.4, -0.2) is 23.7 Å². The third-order valence-corrected chi connectivity index (χ3v) is 2.59. The summed E-state index contributed by atoms with van der Waals surface area (Å²) < 4.78 is 12.9. The van der Waals surface area contributed by atoms with Crippen LogP contribution < -0.4 is 5.32 Å². The molecule has 4 nitrogen and oxygen atoms in total. The van der Waals surface area contributed by atoms with E-state index in [0.29, 0.717) is 13.0 Å². The molecule has 0 aliphatic carbocycles. The first-order valence-corrected chi connectivity index (χ1v) is 4.77. The number of halogens is 1. The fourth-order valence-corrected chi connectivity index (χ4v) is 1.62. The highest BCUT2D eigenvalue weighted by Gasteiger charge is 2.29. The van der Waals surface area contributed by atoms with Gasteiger partial charge in [-0.15, -0.1) is 0 Å². The molecule has 1 saturated heterocycles. The quantitative estimate of drug-likeness (QED) is 0.606. The molecule has 1 heterocycles. The summed E-state index contributed by atoms with van der Waals surface area (Å²) in [5, 5.41) is 13.5. The molecular formula is C10H11FN2O2. The predicted octanol–water partition coefficient (Wildman–Crippen LogP) is 1.45. The molecule has 1 aromatic rings. The van der Waals surface area contributed by atoms with Crippen molar-refractivity contribution in [2.45, 2.75) is 18.6 Å². The maximum absolute atomic E-state index is 12.9. The Bertz CT molecular complexity index is 383. The molecule has 0 unspecified atom stereocenters. The number of non-ortho nitro benzene ring substituents is 1. The fraction of sp³-hybridized carbons (Fsp3) is 0.400. The Kier molecular flexibility index (Phi) is 2.64. The normalized spacial score (nSPS) is 24.6. The summed E-state index contributed by atoms with van der Waals surface area (Å²) in [7, 11) is 0. The van der Waals surface area contributed by atoms with E-state index in [4.69, 9.17) is 0 Å². The van der Waals surface area contributed by atoms with Gasteiger partial charge in [-0.2, -0.15) is 0 Å². The van der Waals surface area contributed by atoms with Crippen LogP contribution in [0.3, 0.4) is 0 Å². The van der Waals surface area contributed by atoms with E-state index in [1.807, 2.05) is 0 Å². The minimum absolute atomic E-state index is 0.0576. The molecule has 1 aromatic carbocycles. The molecule has 1 aliphatic heterocycles. The van der Waals surface area contributed by atoms with Crippen molar-refractivity contribution in [3.63, 3.8) is 0 Å². The lowest BCUT2D eigenvalue weighted by atomic mass is 9.96. The number of benzene rings is 1. The number of hydrogen-bond acceptors (Lipinski definition) is 3. The summed E-state index contributed by atoms with van der Waals surface area (Å²) in [6, 6.07) is 6.14. The van der Waals surface area contributed by atoms with E-state index in [1.165, 1.54) is 12.1 Å². The molecule has 0 radical (unpaired) electrons. The lowest BCUT2D eigenvalue weighted by Gasteiger charge is -2.32. The van der Waals surface area contributed by atoms with Crippen molar-refractivity contribution in [3.05, 3.63) is 39.9 Å². The predicted molar refractivity (Wildman–Crippen MR) is 53.5 cm³/mol. The first kappa shape index (κ1) is 10.0. The van der Waals surface area contributed by atoms with Crippen LogP contribution >= 0.6 is 0 Å². The van der Waals surface area contributed by atoms with Crippen molar-refractivity contribution >= 4 is 5.69 Å². The average molecular weight is 210 g/mol. The molecule has 0 amide bonds. The van der Waals surface area contributed by atoms with Crippen molar-refractivity contribution in [2.24, 2.45) is 0 Å². The van der Waals surface area contributed by atoms with E-state index in [-0.39, 0.29) is 11.7 Å². The largest absolute Gasteiger partial charge is 0.308 e. The Morgan fingerprint density at radius 1 is 1.60 bits per heavy atom. The molecule has 0 bridgehead atoms. The Hall–Kier alpha value is -1.49. The van der Waals surface area contributed by atoms with E-state index in [0.717, 1.165) is 5.56 Å². The van der Waals surface area contributed by atoms with E-state index < -0.39 is 11.1 Å². The van der Waals surface area contributed by atoms with Gasteiger partial charge >= 0.3 is 0 Å². The summed E-state index contributed by atoms with van der Waals surface area (Å²) in [5.41, 5.74) is 0.853. The summed E-state index contributed by atoms with van der Waals surface area (Å²) >= 11 is 0. The summed E-state index contributed by atoms with van der Waals surface area (Å²) in [6.45, 7) is 0.388. The first-order valence-electron chi connectivity index (χ1n) is 4.77. The minimum atomic E-state index is -0.829. The third-order valence-electron chi connectivity index (χ3n) is 2.59. The maximum Gasteiger partial charge on any atom is 0.269 e. The van der Waals surface area contributed by atoms with Crippen LogP contribution in [0.15, 0.2) is 24.3 Å². The van der Waals surface area contributed by atoms with E-state index in [1.54, 1.807) is 12.1 Å². The molecule has 0 saturated carbocycles. The molecule has 1 aliphatic rings. The average Bonchev–Trinajstić information content (AvgIpc) is 2.24. The third kappa shape index (κ3) is 2.12. The standard InChI is InChI=1S/C10H11FN2O2/c11-9-6-12-10(9)5-7-2-1-3-8(4-7)13(14)15/h1-4,9-10,12H,5-6H2/t9-,10-/m0/s1. The summed E-state index contributed by atoms with van der Waals surface area (Å²) in [6.07, 6.45) is -0.327. The molecule has 80 valence electrons. The van der Waals surface area contributed by atoms with Crippen molar-refractivity contribution in [3.8, 4) is 0 Å². The highest BCUT2D eigenvalue weighted by atomic mass is 19.1. The van der Waals surface area contributed by atoms with Gasteiger partial charge in [0.25, 0.3) is 5.69 Å². The smallest absolute Gasteiger partial charge is 0.269 e. The zero-order chi connectivity index (χ0) is 10.8. The van der Waals surface area contributed by atoms with Gasteiger partial charge < -0.3 is 5.32 Å². The molecule has 2 atom stereocenters. The monoisotopic (exact) mass is 210 g/mol. The van der Waals surface area contributed by atoms with Gasteiger partial charge in [-0.25, -0.2) is 4.39 Å².